The van der Waals surface area contributed by atoms with E-state index >= 15 is 0 Å². The lowest BCUT2D eigenvalue weighted by atomic mass is 9.85. The van der Waals surface area contributed by atoms with Gasteiger partial charge in [-0.1, -0.05) is 12.1 Å². The number of amides is 2. The summed E-state index contributed by atoms with van der Waals surface area (Å²) in [6, 6.07) is 14.7. The maximum Gasteiger partial charge on any atom is 0.387 e. The standard InChI is InChI=1S/C23H24F2N4O4.C13H14IN5.C11H10IN3/c1-23(2,21(26)31)13-4-7-16-15(10-27-29(16)11-13)12-8-17(32-3)19(18(9-12)33-22(24)25)20(30)28-14-5-6-14;1-8-16-12(18-17-8)13(2,3)9-4-5-11-10(14)6-15-19(11)7-9;1-11(2,13-3)8-4-5-10-9(12)6-14-15(10)7-8/h4,7-11,14,22H,5-6H2,1-3H3,(H2,26,31)(H,28,30);4-7H,1-3H3,(H,16,17,18);4-7H,1-2H3. The number of aromatic nitrogens is 9. The van der Waals surface area contributed by atoms with E-state index in [9.17, 15) is 18.4 Å². The summed E-state index contributed by atoms with van der Waals surface area (Å²) in [4.78, 5) is 32.6. The minimum atomic E-state index is -3.13. The maximum atomic E-state index is 13.2. The molecule has 7 heterocycles. The summed E-state index contributed by atoms with van der Waals surface area (Å²) in [6.45, 7) is 17.4. The topological polar surface area (TPSA) is 188 Å². The Morgan fingerprint density at radius 1 is 0.851 bits per heavy atom. The number of hydrogen-bond acceptors (Lipinski definition) is 9. The van der Waals surface area contributed by atoms with Crippen molar-refractivity contribution in [3.63, 3.8) is 0 Å². The molecule has 1 aliphatic carbocycles. The molecule has 67 heavy (non-hydrogen) atoms. The Hall–Kier alpha value is -6.22. The van der Waals surface area contributed by atoms with Gasteiger partial charge in [0.05, 0.1) is 65.8 Å². The molecule has 1 fully saturated rings. The average Bonchev–Trinajstić information content (AvgIpc) is 3.57. The lowest BCUT2D eigenvalue weighted by Crippen LogP contribution is -2.35. The predicted octanol–water partition coefficient (Wildman–Crippen LogP) is 9.05. The molecule has 7 aromatic heterocycles. The van der Waals surface area contributed by atoms with E-state index in [0.717, 1.165) is 53.8 Å². The Labute approximate surface area is 412 Å². The largest absolute Gasteiger partial charge is 0.496 e. The predicted molar refractivity (Wildman–Crippen MR) is 265 cm³/mol. The smallest absolute Gasteiger partial charge is 0.387 e. The number of nitrogens with two attached hydrogens (primary N) is 1. The van der Waals surface area contributed by atoms with Crippen molar-refractivity contribution < 1.29 is 27.8 Å². The first kappa shape index (κ1) is 48.7. The first-order valence-corrected chi connectivity index (χ1v) is 23.1. The number of carbonyl (C=O) groups excluding carboxylic acids is 2. The average molecular weight is 1140 g/mol. The third-order valence-corrected chi connectivity index (χ3v) is 13.3. The summed E-state index contributed by atoms with van der Waals surface area (Å²) in [6.07, 6.45) is 12.6. The van der Waals surface area contributed by atoms with Gasteiger partial charge in [0, 0.05) is 44.0 Å². The Kier molecular flexibility index (Phi) is 13.9. The van der Waals surface area contributed by atoms with Gasteiger partial charge in [-0.3, -0.25) is 14.7 Å². The second kappa shape index (κ2) is 19.2. The fourth-order valence-electron chi connectivity index (χ4n) is 6.98. The van der Waals surface area contributed by atoms with Crippen LogP contribution < -0.4 is 20.5 Å². The number of alkyl halides is 2. The maximum absolute atomic E-state index is 13.2. The molecule has 4 N–H and O–H groups in total. The zero-order valence-corrected chi connectivity index (χ0v) is 42.2. The van der Waals surface area contributed by atoms with Crippen LogP contribution in [0.15, 0.2) is 85.7 Å². The van der Waals surface area contributed by atoms with E-state index in [2.05, 4.69) is 112 Å². The van der Waals surface area contributed by atoms with Crippen molar-refractivity contribution in [2.75, 3.05) is 7.11 Å². The van der Waals surface area contributed by atoms with Crippen molar-refractivity contribution in [3.8, 4) is 22.6 Å². The number of H-pyrrole nitrogens is 1. The Morgan fingerprint density at radius 3 is 1.94 bits per heavy atom. The van der Waals surface area contributed by atoms with Crippen molar-refractivity contribution >= 4 is 73.5 Å². The zero-order chi connectivity index (χ0) is 48.6. The van der Waals surface area contributed by atoms with E-state index in [1.807, 2.05) is 66.7 Å². The monoisotopic (exact) mass is 1140 g/mol. The molecule has 1 aliphatic rings. The molecule has 9 rings (SSSR count). The number of benzene rings is 1. The fourth-order valence-corrected chi connectivity index (χ4v) is 8.08. The van der Waals surface area contributed by atoms with E-state index in [-0.39, 0.29) is 28.5 Å². The first-order valence-electron chi connectivity index (χ1n) is 20.9. The van der Waals surface area contributed by atoms with Crippen molar-refractivity contribution in [1.29, 1.82) is 0 Å². The summed E-state index contributed by atoms with van der Waals surface area (Å²) >= 11 is 4.54. The van der Waals surface area contributed by atoms with Crippen LogP contribution in [0.3, 0.4) is 0 Å². The van der Waals surface area contributed by atoms with Crippen LogP contribution in [0.5, 0.6) is 11.5 Å². The highest BCUT2D eigenvalue weighted by molar-refractivity contribution is 14.1. The van der Waals surface area contributed by atoms with E-state index in [4.69, 9.17) is 21.8 Å². The lowest BCUT2D eigenvalue weighted by Gasteiger charge is -2.21. The number of nitrogens with one attached hydrogen (secondary N) is 2. The number of nitrogens with zero attached hydrogens (tertiary/aromatic N) is 9. The Morgan fingerprint density at radius 2 is 1.39 bits per heavy atom. The molecule has 2 amide bonds. The number of halogens is 4. The molecule has 0 spiro atoms. The summed E-state index contributed by atoms with van der Waals surface area (Å²) in [7, 11) is 1.35. The molecule has 0 unspecified atom stereocenters. The third kappa shape index (κ3) is 10.4. The molecular weight excluding hydrogens is 1090 g/mol. The number of aromatic amines is 1. The summed E-state index contributed by atoms with van der Waals surface area (Å²) < 4.78 is 44.0. The minimum Gasteiger partial charge on any atom is -0.496 e. The number of hydrogen-bond donors (Lipinski definition) is 3. The minimum absolute atomic E-state index is 0.0275. The van der Waals surface area contributed by atoms with Gasteiger partial charge in [0.15, 0.2) is 5.82 Å². The number of aryl methyl sites for hydroxylation is 1. The number of carbonyl (C=O) groups is 2. The van der Waals surface area contributed by atoms with E-state index in [1.165, 1.54) is 13.2 Å². The molecule has 0 atom stereocenters. The Bertz CT molecular complexity index is 3180. The highest BCUT2D eigenvalue weighted by atomic mass is 127. The summed E-state index contributed by atoms with van der Waals surface area (Å²) in [5, 5.41) is 22.9. The van der Waals surface area contributed by atoms with Crippen LogP contribution in [0, 0.1) is 20.6 Å². The molecule has 0 radical (unpaired) electrons. The number of primary amides is 1. The molecule has 16 nitrogen and oxygen atoms in total. The van der Waals surface area contributed by atoms with Gasteiger partial charge in [-0.05, 0) is 146 Å². The molecule has 1 saturated carbocycles. The van der Waals surface area contributed by atoms with Crippen molar-refractivity contribution in [1.82, 2.24) is 49.3 Å². The molecular formula is C47H48F2I2N12O4. The summed E-state index contributed by atoms with van der Waals surface area (Å²) in [5.41, 5.74) is 10.5. The number of fused-ring (bicyclic) bond motifs is 3. The molecule has 1 aromatic carbocycles. The van der Waals surface area contributed by atoms with Gasteiger partial charge in [0.1, 0.15) is 22.9 Å². The van der Waals surface area contributed by atoms with Crippen LogP contribution in [0.2, 0.25) is 0 Å². The van der Waals surface area contributed by atoms with Crippen molar-refractivity contribution in [2.45, 2.75) is 90.3 Å². The van der Waals surface area contributed by atoms with Crippen molar-refractivity contribution in [2.24, 2.45) is 5.73 Å². The first-order chi connectivity index (χ1) is 31.6. The number of pyridine rings is 3. The Balaban J connectivity index is 0.000000165. The summed E-state index contributed by atoms with van der Waals surface area (Å²) in [5.74, 6) is 0.432. The van der Waals surface area contributed by atoms with Gasteiger partial charge in [0.2, 0.25) is 5.91 Å². The van der Waals surface area contributed by atoms with Gasteiger partial charge in [-0.15, -0.1) is 0 Å². The second-order valence-electron chi connectivity index (χ2n) is 17.5. The van der Waals surface area contributed by atoms with Crippen LogP contribution in [0.4, 0.5) is 8.78 Å². The molecule has 348 valence electrons. The van der Waals surface area contributed by atoms with Crippen LogP contribution in [-0.2, 0) is 21.2 Å². The number of rotatable bonds is 11. The molecule has 20 heteroatoms. The molecule has 8 aromatic rings. The van der Waals surface area contributed by atoms with Crippen molar-refractivity contribution in [3.05, 3.63) is 138 Å². The zero-order valence-electron chi connectivity index (χ0n) is 37.9. The van der Waals surface area contributed by atoms with Gasteiger partial charge in [-0.25, -0.2) is 25.1 Å². The quantitative estimate of drug-likeness (QED) is 0.0839. The van der Waals surface area contributed by atoms with Gasteiger partial charge in [-0.2, -0.15) is 29.2 Å². The molecule has 0 aliphatic heterocycles. The SMILES string of the molecule is COc1cc(-c2cnn3cc(C(C)(C)C(N)=O)ccc23)cc(OC(F)F)c1C(=O)NC1CC1.Cc1nc(C(C)(C)c2ccc3c(I)cnn3c2)n[nH]1.[C-]#[N+]C(C)(C)c1ccc2c(I)cnn2c1. The van der Waals surface area contributed by atoms with Crippen LogP contribution in [0.25, 0.3) is 32.5 Å². The van der Waals surface area contributed by atoms with E-state index in [1.54, 1.807) is 49.0 Å². The third-order valence-electron chi connectivity index (χ3n) is 11.6. The number of ether oxygens (including phenoxy) is 2. The van der Waals surface area contributed by atoms with E-state index in [0.29, 0.717) is 22.2 Å². The van der Waals surface area contributed by atoms with Gasteiger partial charge < -0.3 is 25.4 Å². The van der Waals surface area contributed by atoms with Gasteiger partial charge >= 0.3 is 6.61 Å². The number of methoxy groups -OCH3 is 1. The molecule has 0 bridgehead atoms. The van der Waals surface area contributed by atoms with Crippen LogP contribution in [0.1, 0.15) is 93.1 Å². The highest BCUT2D eigenvalue weighted by Gasteiger charge is 2.32. The second-order valence-corrected chi connectivity index (χ2v) is 19.8. The highest BCUT2D eigenvalue weighted by Crippen LogP contribution is 2.39. The van der Waals surface area contributed by atoms with E-state index < -0.39 is 29.4 Å². The fraction of sp³-hybridized carbons (Fsp3) is 0.319. The van der Waals surface area contributed by atoms with Gasteiger partial charge in [0.25, 0.3) is 11.4 Å². The molecule has 0 saturated heterocycles. The van der Waals surface area contributed by atoms with Crippen LogP contribution in [-0.4, -0.2) is 75.6 Å². The normalized spacial score (nSPS) is 12.9. The van der Waals surface area contributed by atoms with Crippen LogP contribution >= 0.6 is 45.2 Å². The lowest BCUT2D eigenvalue weighted by molar-refractivity contribution is -0.122.